The van der Waals surface area contributed by atoms with E-state index in [0.717, 1.165) is 18.6 Å². The molecular formula is C27H45N3O8S. The third kappa shape index (κ3) is 8.09. The molecule has 2 aliphatic heterocycles. The third-order valence-electron chi connectivity index (χ3n) is 7.79. The Bertz CT molecular complexity index is 909. The van der Waals surface area contributed by atoms with E-state index >= 15 is 0 Å². The zero-order valence-electron chi connectivity index (χ0n) is 23.9. The van der Waals surface area contributed by atoms with Crippen molar-refractivity contribution in [3.63, 3.8) is 0 Å². The molecule has 0 unspecified atom stereocenters. The number of epoxide rings is 2. The number of amides is 2. The van der Waals surface area contributed by atoms with Gasteiger partial charge in [0.25, 0.3) is 0 Å². The van der Waals surface area contributed by atoms with Crippen LogP contribution in [0.3, 0.4) is 0 Å². The number of nitrogens with one attached hydrogen (secondary N) is 2. The predicted octanol–water partition coefficient (Wildman–Crippen LogP) is 1.92. The van der Waals surface area contributed by atoms with Crippen LogP contribution in [0.4, 0.5) is 4.79 Å². The monoisotopic (exact) mass is 571 g/mol. The van der Waals surface area contributed by atoms with Crippen LogP contribution in [-0.4, -0.2) is 98.4 Å². The Kier molecular flexibility index (Phi) is 11.1. The number of thioether (sulfide) groups is 1. The average Bonchev–Trinajstić information content (AvgIpc) is 3.81. The number of carbonyl (C=O) groups is 3. The molecule has 12 heteroatoms. The number of hydrogen-bond acceptors (Lipinski definition) is 10. The molecule has 2 heterocycles. The first-order chi connectivity index (χ1) is 18.5. The van der Waals surface area contributed by atoms with Gasteiger partial charge in [-0.05, 0) is 65.4 Å². The standard InChI is InChI=1S/C27H45N3O8S/c1-16(2)7-8-20-26(4,38-20)22-21(34-5)19(9-11-27(22)15-36-27)37-25(33)29-12-13-35-24(32)17(3)30-23(31)18(28)10-14-39-6/h7,17-22H,8-15,28H2,1-6H3,(H,29,33)(H,30,31)/t17-,18-,19+,20+,21+,22+,26-,27-/m0/s1. The molecule has 2 amide bonds. The lowest BCUT2D eigenvalue weighted by Gasteiger charge is -2.42. The van der Waals surface area contributed by atoms with E-state index in [-0.39, 0.29) is 36.9 Å². The first kappa shape index (κ1) is 31.7. The molecule has 4 N–H and O–H groups in total. The predicted molar refractivity (Wildman–Crippen MR) is 147 cm³/mol. The first-order valence-corrected chi connectivity index (χ1v) is 15.0. The molecule has 0 bridgehead atoms. The number of carbonyl (C=O) groups excluding carboxylic acids is 3. The molecule has 3 rings (SSSR count). The van der Waals surface area contributed by atoms with Crippen LogP contribution in [0.2, 0.25) is 0 Å². The summed E-state index contributed by atoms with van der Waals surface area (Å²) in [5.74, 6) is -0.329. The second-order valence-corrected chi connectivity index (χ2v) is 12.0. The van der Waals surface area contributed by atoms with E-state index in [2.05, 4.69) is 37.5 Å². The van der Waals surface area contributed by atoms with Gasteiger partial charge < -0.3 is 40.1 Å². The highest BCUT2D eigenvalue weighted by Crippen LogP contribution is 2.59. The molecule has 0 radical (unpaired) electrons. The third-order valence-corrected chi connectivity index (χ3v) is 8.44. The molecular weight excluding hydrogens is 526 g/mol. The van der Waals surface area contributed by atoms with Gasteiger partial charge in [-0.3, -0.25) is 4.79 Å². The second kappa shape index (κ2) is 13.7. The van der Waals surface area contributed by atoms with Crippen molar-refractivity contribution in [2.75, 3.05) is 38.9 Å². The fourth-order valence-corrected chi connectivity index (χ4v) is 5.92. The van der Waals surface area contributed by atoms with Gasteiger partial charge in [0.15, 0.2) is 0 Å². The van der Waals surface area contributed by atoms with Crippen molar-refractivity contribution in [2.24, 2.45) is 11.7 Å². The lowest BCUT2D eigenvalue weighted by Crippen LogP contribution is -2.56. The van der Waals surface area contributed by atoms with Crippen LogP contribution in [0.15, 0.2) is 11.6 Å². The molecule has 0 aromatic rings. The molecule has 3 fully saturated rings. The number of hydrogen-bond donors (Lipinski definition) is 3. The molecule has 0 aromatic heterocycles. The van der Waals surface area contributed by atoms with Crippen LogP contribution in [0, 0.1) is 5.92 Å². The maximum atomic E-state index is 12.6. The first-order valence-electron chi connectivity index (χ1n) is 13.6. The van der Waals surface area contributed by atoms with E-state index in [4.69, 9.17) is 29.4 Å². The lowest BCUT2D eigenvalue weighted by molar-refractivity contribution is -0.147. The van der Waals surface area contributed by atoms with E-state index in [1.54, 1.807) is 18.9 Å². The summed E-state index contributed by atoms with van der Waals surface area (Å²) in [7, 11) is 1.62. The Morgan fingerprint density at radius 1 is 1.28 bits per heavy atom. The largest absolute Gasteiger partial charge is 0.462 e. The highest BCUT2D eigenvalue weighted by atomic mass is 32.2. The van der Waals surface area contributed by atoms with E-state index in [0.29, 0.717) is 19.4 Å². The van der Waals surface area contributed by atoms with E-state index < -0.39 is 41.8 Å². The van der Waals surface area contributed by atoms with Crippen molar-refractivity contribution in [2.45, 2.75) is 95.0 Å². The van der Waals surface area contributed by atoms with E-state index in [1.165, 1.54) is 12.5 Å². The number of rotatable bonds is 14. The number of allylic oxidation sites excluding steroid dienone is 1. The maximum absolute atomic E-state index is 12.6. The second-order valence-electron chi connectivity index (χ2n) is 11.0. The van der Waals surface area contributed by atoms with Crippen LogP contribution >= 0.6 is 11.8 Å². The highest BCUT2D eigenvalue weighted by molar-refractivity contribution is 7.98. The fraction of sp³-hybridized carbons (Fsp3) is 0.815. The quantitative estimate of drug-likeness (QED) is 0.122. The molecule has 11 nitrogen and oxygen atoms in total. The van der Waals surface area contributed by atoms with Crippen molar-refractivity contribution >= 4 is 29.7 Å². The van der Waals surface area contributed by atoms with Gasteiger partial charge in [0.1, 0.15) is 36.1 Å². The molecule has 1 spiro atoms. The van der Waals surface area contributed by atoms with Crippen LogP contribution in [-0.2, 0) is 33.3 Å². The number of ether oxygens (including phenoxy) is 5. The van der Waals surface area contributed by atoms with Crippen LogP contribution in [0.5, 0.6) is 0 Å². The van der Waals surface area contributed by atoms with Gasteiger partial charge in [0.2, 0.25) is 5.91 Å². The van der Waals surface area contributed by atoms with Crippen molar-refractivity contribution in [1.82, 2.24) is 10.6 Å². The Morgan fingerprint density at radius 3 is 2.62 bits per heavy atom. The zero-order valence-corrected chi connectivity index (χ0v) is 24.8. The van der Waals surface area contributed by atoms with E-state index in [9.17, 15) is 14.4 Å². The highest BCUT2D eigenvalue weighted by Gasteiger charge is 2.72. The summed E-state index contributed by atoms with van der Waals surface area (Å²) in [6.07, 6.45) is 5.42. The van der Waals surface area contributed by atoms with Crippen LogP contribution in [0.25, 0.3) is 0 Å². The normalized spacial score (nSPS) is 32.5. The molecule has 222 valence electrons. The Hall–Kier alpha value is -1.86. The topological polar surface area (TPSA) is 154 Å². The smallest absolute Gasteiger partial charge is 0.407 e. The minimum atomic E-state index is -0.852. The minimum absolute atomic E-state index is 0.0604. The summed E-state index contributed by atoms with van der Waals surface area (Å²) in [4.78, 5) is 36.9. The van der Waals surface area contributed by atoms with Gasteiger partial charge in [-0.2, -0.15) is 11.8 Å². The average molecular weight is 572 g/mol. The number of nitrogens with two attached hydrogens (primary N) is 1. The summed E-state index contributed by atoms with van der Waals surface area (Å²) < 4.78 is 28.9. The van der Waals surface area contributed by atoms with Crippen LogP contribution < -0.4 is 16.4 Å². The Balaban J connectivity index is 1.44. The molecule has 0 aromatic carbocycles. The SMILES string of the molecule is CO[C@@H]1[C@H](OC(=O)NCCOC(=O)[C@H](C)NC(=O)[C@@H](N)CCSC)CC[C@]2(CO2)[C@H]1[C@@]1(C)O[C@@H]1CC=C(C)C. The van der Waals surface area contributed by atoms with Crippen molar-refractivity contribution in [1.29, 1.82) is 0 Å². The Labute approximate surface area is 235 Å². The van der Waals surface area contributed by atoms with Crippen molar-refractivity contribution in [3.05, 3.63) is 11.6 Å². The number of methoxy groups -OCH3 is 1. The lowest BCUT2D eigenvalue weighted by atomic mass is 9.68. The van der Waals surface area contributed by atoms with Crippen molar-refractivity contribution in [3.8, 4) is 0 Å². The Morgan fingerprint density at radius 2 is 2.00 bits per heavy atom. The number of esters is 1. The zero-order chi connectivity index (χ0) is 28.8. The maximum Gasteiger partial charge on any atom is 0.407 e. The molecule has 2 saturated heterocycles. The summed E-state index contributed by atoms with van der Waals surface area (Å²) in [5.41, 5.74) is 6.35. The summed E-state index contributed by atoms with van der Waals surface area (Å²) in [6.45, 7) is 8.40. The van der Waals surface area contributed by atoms with Gasteiger partial charge in [0, 0.05) is 7.11 Å². The van der Waals surface area contributed by atoms with Gasteiger partial charge in [0.05, 0.1) is 31.2 Å². The molecule has 3 aliphatic rings. The minimum Gasteiger partial charge on any atom is -0.462 e. The van der Waals surface area contributed by atoms with Crippen molar-refractivity contribution < 1.29 is 38.1 Å². The molecule has 1 saturated carbocycles. The van der Waals surface area contributed by atoms with Gasteiger partial charge >= 0.3 is 12.1 Å². The summed E-state index contributed by atoms with van der Waals surface area (Å²) >= 11 is 1.59. The van der Waals surface area contributed by atoms with E-state index in [1.807, 2.05) is 6.26 Å². The summed E-state index contributed by atoms with van der Waals surface area (Å²) in [6, 6.07) is -1.53. The van der Waals surface area contributed by atoms with Gasteiger partial charge in [-0.1, -0.05) is 11.6 Å². The fourth-order valence-electron chi connectivity index (χ4n) is 5.43. The van der Waals surface area contributed by atoms with Gasteiger partial charge in [-0.25, -0.2) is 9.59 Å². The van der Waals surface area contributed by atoms with Crippen LogP contribution in [0.1, 0.15) is 53.4 Å². The molecule has 8 atom stereocenters. The van der Waals surface area contributed by atoms with Gasteiger partial charge in [-0.15, -0.1) is 0 Å². The summed E-state index contributed by atoms with van der Waals surface area (Å²) in [5, 5.41) is 5.18. The molecule has 1 aliphatic carbocycles. The molecule has 39 heavy (non-hydrogen) atoms. The number of alkyl carbamates (subject to hydrolysis) is 1.